The van der Waals surface area contributed by atoms with E-state index in [1.54, 1.807) is 0 Å². The molecule has 0 saturated heterocycles. The zero-order chi connectivity index (χ0) is 4.71. The second-order valence-electron chi connectivity index (χ2n) is 0.154. The van der Waals surface area contributed by atoms with Crippen molar-refractivity contribution in [2.24, 2.45) is 0 Å². The maximum Gasteiger partial charge on any atom is -0.00296 e. The summed E-state index contributed by atoms with van der Waals surface area (Å²) in [6, 6.07) is 0. The van der Waals surface area contributed by atoms with Crippen LogP contribution in [-0.2, 0) is 0 Å². The fourth-order valence-electron chi connectivity index (χ4n) is 0. The van der Waals surface area contributed by atoms with Crippen molar-refractivity contribution in [2.45, 2.75) is 0 Å². The first-order valence-corrected chi connectivity index (χ1v) is 1.56. The second kappa shape index (κ2) is 48.8. The Kier molecular flexibility index (Phi) is 86.2. The van der Waals surface area contributed by atoms with Gasteiger partial charge in [0.1, 0.15) is 0 Å². The molecule has 0 aromatic rings. The van der Waals surface area contributed by atoms with E-state index in [1.165, 1.54) is 5.54 Å². The molecule has 0 aromatic heterocycles. The minimum absolute atomic E-state index is 1.22. The van der Waals surface area contributed by atoms with Gasteiger partial charge >= 0.3 is 0 Å². The first-order chi connectivity index (χ1) is 2.41. The van der Waals surface area contributed by atoms with Crippen LogP contribution in [0.15, 0.2) is 25.3 Å². The number of hydrogen-bond acceptors (Lipinski definition) is 0. The van der Waals surface area contributed by atoms with Gasteiger partial charge in [0.25, 0.3) is 0 Å². The first kappa shape index (κ1) is 8.84. The van der Waals surface area contributed by atoms with Crippen LogP contribution >= 0.6 is 11.6 Å². The number of hydrogen-bond donors (Lipinski definition) is 0. The van der Waals surface area contributed by atoms with Gasteiger partial charge in [-0.25, -0.2) is 0 Å². The molecule has 0 aliphatic rings. The van der Waals surface area contributed by atoms with E-state index in [9.17, 15) is 0 Å². The molecule has 0 spiro atoms. The Morgan fingerprint density at radius 1 is 1.40 bits per heavy atom. The van der Waals surface area contributed by atoms with E-state index in [4.69, 9.17) is 11.6 Å². The van der Waals surface area contributed by atoms with Gasteiger partial charge in [0.05, 0.1) is 0 Å². The fourth-order valence-corrected chi connectivity index (χ4v) is 0. The van der Waals surface area contributed by atoms with Crippen molar-refractivity contribution in [1.29, 1.82) is 0 Å². The summed E-state index contributed by atoms with van der Waals surface area (Å²) in [6.45, 7) is 9.13. The molecule has 0 bridgehead atoms. The highest BCUT2D eigenvalue weighted by Crippen LogP contribution is 1.60. The van der Waals surface area contributed by atoms with Crippen molar-refractivity contribution in [3.8, 4) is 0 Å². The van der Waals surface area contributed by atoms with E-state index in [1.807, 2.05) is 0 Å². The van der Waals surface area contributed by atoms with Crippen LogP contribution in [0, 0.1) is 0 Å². The molecule has 0 fully saturated rings. The quantitative estimate of drug-likeness (QED) is 0.400. The third-order valence-electron chi connectivity index (χ3n) is 0. The van der Waals surface area contributed by atoms with Crippen LogP contribution in [0.5, 0.6) is 0 Å². The lowest BCUT2D eigenvalue weighted by Gasteiger charge is -1.27. The second-order valence-corrected chi connectivity index (χ2v) is 0.463. The van der Waals surface area contributed by atoms with Crippen LogP contribution in [-0.4, -0.2) is 0 Å². The molecule has 0 saturated carbocycles. The zero-order valence-corrected chi connectivity index (χ0v) is 3.83. The van der Waals surface area contributed by atoms with E-state index < -0.39 is 0 Å². The largest absolute Gasteiger partial charge is 0.106 e. The molecule has 1 heteroatoms. The summed E-state index contributed by atoms with van der Waals surface area (Å²) in [5.74, 6) is 0. The molecule has 0 N–H and O–H groups in total. The molecule has 0 aliphatic heterocycles. The maximum absolute atomic E-state index is 4.76. The Morgan fingerprint density at radius 2 is 1.40 bits per heavy atom. The van der Waals surface area contributed by atoms with Gasteiger partial charge in [-0.2, -0.15) is 0 Å². The van der Waals surface area contributed by atoms with Gasteiger partial charge in [0, 0.05) is 0 Å². The lowest BCUT2D eigenvalue weighted by atomic mass is 11.3. The molecular formula is C4H7Cl. The Bertz CT molecular complexity index is 17.6. The molecule has 0 aliphatic carbocycles. The monoisotopic (exact) mass is 90.0 g/mol. The Balaban J connectivity index is 0. The molecule has 0 amide bonds. The molecule has 30 valence electrons. The minimum Gasteiger partial charge on any atom is -0.106 e. The standard InChI is InChI=1S/C2H3Cl.C2H4/c1-2-3;1-2/h2H,1H2;1-2H2. The normalized spacial score (nSPS) is 3.40. The Hall–Kier alpha value is -0.230. The SMILES string of the molecule is C=C.C=CCl. The van der Waals surface area contributed by atoms with Crippen LogP contribution in [0.25, 0.3) is 0 Å². The number of halogens is 1. The molecule has 0 radical (unpaired) electrons. The summed E-state index contributed by atoms with van der Waals surface area (Å²) < 4.78 is 0. The molecule has 0 unspecified atom stereocenters. The van der Waals surface area contributed by atoms with Gasteiger partial charge in [-0.1, -0.05) is 18.2 Å². The van der Waals surface area contributed by atoms with Crippen molar-refractivity contribution < 1.29 is 0 Å². The van der Waals surface area contributed by atoms with E-state index in [0.717, 1.165) is 0 Å². The van der Waals surface area contributed by atoms with E-state index in [0.29, 0.717) is 0 Å². The van der Waals surface area contributed by atoms with E-state index in [-0.39, 0.29) is 0 Å². The molecule has 0 atom stereocenters. The summed E-state index contributed by atoms with van der Waals surface area (Å²) in [7, 11) is 0. The summed E-state index contributed by atoms with van der Waals surface area (Å²) in [4.78, 5) is 0. The lowest BCUT2D eigenvalue weighted by molar-refractivity contribution is 2.63. The van der Waals surface area contributed by atoms with Crippen LogP contribution < -0.4 is 0 Å². The van der Waals surface area contributed by atoms with Gasteiger partial charge in [-0.15, -0.1) is 13.2 Å². The van der Waals surface area contributed by atoms with Crippen LogP contribution in [0.3, 0.4) is 0 Å². The van der Waals surface area contributed by atoms with Crippen LogP contribution in [0.4, 0.5) is 0 Å². The van der Waals surface area contributed by atoms with Gasteiger partial charge in [0.15, 0.2) is 0 Å². The van der Waals surface area contributed by atoms with E-state index in [2.05, 4.69) is 19.7 Å². The van der Waals surface area contributed by atoms with Crippen molar-refractivity contribution >= 4 is 11.6 Å². The molecule has 0 rings (SSSR count). The highest BCUT2D eigenvalue weighted by atomic mass is 35.5. The zero-order valence-electron chi connectivity index (χ0n) is 3.08. The third-order valence-corrected chi connectivity index (χ3v) is 0. The topological polar surface area (TPSA) is 0 Å². The van der Waals surface area contributed by atoms with Crippen molar-refractivity contribution in [3.63, 3.8) is 0 Å². The molecule has 0 aromatic carbocycles. The predicted molar refractivity (Wildman–Crippen MR) is 27.3 cm³/mol. The summed E-state index contributed by atoms with van der Waals surface area (Å²) in [5, 5.41) is 0. The Labute approximate surface area is 37.8 Å². The summed E-state index contributed by atoms with van der Waals surface area (Å²) in [6.07, 6.45) is 0. The van der Waals surface area contributed by atoms with Crippen molar-refractivity contribution in [3.05, 3.63) is 25.3 Å². The maximum atomic E-state index is 4.76. The third kappa shape index (κ3) is 223. The first-order valence-electron chi connectivity index (χ1n) is 1.13. The smallest absolute Gasteiger partial charge is 0.00296 e. The molecule has 0 heterocycles. The lowest BCUT2D eigenvalue weighted by Crippen LogP contribution is -0.926. The van der Waals surface area contributed by atoms with Crippen molar-refractivity contribution in [1.82, 2.24) is 0 Å². The van der Waals surface area contributed by atoms with Gasteiger partial charge < -0.3 is 0 Å². The molecule has 0 nitrogen and oxygen atoms in total. The highest BCUT2D eigenvalue weighted by molar-refractivity contribution is 6.25. The van der Waals surface area contributed by atoms with Crippen LogP contribution in [0.1, 0.15) is 0 Å². The van der Waals surface area contributed by atoms with Gasteiger partial charge in [0.2, 0.25) is 0 Å². The molecular weight excluding hydrogens is 83.5 g/mol. The Morgan fingerprint density at radius 3 is 1.40 bits per heavy atom. The number of rotatable bonds is 0. The molecule has 5 heavy (non-hydrogen) atoms. The van der Waals surface area contributed by atoms with Gasteiger partial charge in [-0.05, 0) is 5.54 Å². The van der Waals surface area contributed by atoms with Crippen LogP contribution in [0.2, 0.25) is 0 Å². The average molecular weight is 90.6 g/mol. The highest BCUT2D eigenvalue weighted by Gasteiger charge is 1.18. The fraction of sp³-hybridized carbons (Fsp3) is 0. The van der Waals surface area contributed by atoms with Gasteiger partial charge in [-0.3, -0.25) is 0 Å². The predicted octanol–water partition coefficient (Wildman–Crippen LogP) is 2.17. The minimum atomic E-state index is 1.22. The average Bonchev–Trinajstić information content (AvgIpc) is 1.46. The summed E-state index contributed by atoms with van der Waals surface area (Å²) in [5.41, 5.74) is 1.22. The van der Waals surface area contributed by atoms with E-state index >= 15 is 0 Å². The van der Waals surface area contributed by atoms with Crippen molar-refractivity contribution in [2.75, 3.05) is 0 Å². The summed E-state index contributed by atoms with van der Waals surface area (Å²) >= 11 is 4.76.